The van der Waals surface area contributed by atoms with Crippen LogP contribution in [0.15, 0.2) is 4.47 Å². The van der Waals surface area contributed by atoms with E-state index in [0.29, 0.717) is 19.0 Å². The topological polar surface area (TPSA) is 50.1 Å². The van der Waals surface area contributed by atoms with E-state index in [4.69, 9.17) is 0 Å². The Morgan fingerprint density at radius 2 is 2.11 bits per heavy atom. The van der Waals surface area contributed by atoms with E-state index in [1.807, 2.05) is 18.7 Å². The van der Waals surface area contributed by atoms with Crippen LogP contribution in [0.2, 0.25) is 0 Å². The third-order valence-electron chi connectivity index (χ3n) is 3.15. The Balaban J connectivity index is 2.56. The van der Waals surface area contributed by atoms with Gasteiger partial charge in [-0.25, -0.2) is 0 Å². The Morgan fingerprint density at radius 1 is 1.47 bits per heavy atom. The molecular weight excluding hydrogens is 306 g/mol. The summed E-state index contributed by atoms with van der Waals surface area (Å²) in [6.45, 7) is 9.52. The Morgan fingerprint density at radius 3 is 2.58 bits per heavy atom. The predicted molar refractivity (Wildman–Crippen MR) is 82.1 cm³/mol. The Hall–Kier alpha value is -0.390. The van der Waals surface area contributed by atoms with Crippen LogP contribution in [0.25, 0.3) is 0 Å². The minimum Gasteiger partial charge on any atom is -0.389 e. The average Bonchev–Trinajstić information content (AvgIpc) is 2.54. The van der Waals surface area contributed by atoms with Crippen LogP contribution in [-0.2, 0) is 20.0 Å². The molecule has 0 spiro atoms. The van der Waals surface area contributed by atoms with Crippen LogP contribution >= 0.6 is 15.9 Å². The minimum absolute atomic E-state index is 0.493. The molecule has 5 heteroatoms. The van der Waals surface area contributed by atoms with E-state index in [1.54, 1.807) is 0 Å². The number of nitrogens with zero attached hydrogens (tertiary/aromatic N) is 2. The second kappa shape index (κ2) is 6.86. The number of nitrogens with one attached hydrogen (secondary N) is 1. The highest BCUT2D eigenvalue weighted by molar-refractivity contribution is 9.10. The van der Waals surface area contributed by atoms with Crippen LogP contribution in [0.3, 0.4) is 0 Å². The van der Waals surface area contributed by atoms with Gasteiger partial charge in [-0.3, -0.25) is 4.68 Å². The van der Waals surface area contributed by atoms with Crippen molar-refractivity contribution < 1.29 is 5.11 Å². The number of aromatic nitrogens is 2. The molecule has 1 heterocycles. The fourth-order valence-corrected chi connectivity index (χ4v) is 3.17. The summed E-state index contributed by atoms with van der Waals surface area (Å²) >= 11 is 3.60. The lowest BCUT2D eigenvalue weighted by atomic mass is 9.94. The standard InChI is InChI=1S/C14H26BrN3O/c1-6-11-13(15)12(18(5)17-11)8-16-9-14(4,19)7-10(2)3/h10,16,19H,6-9H2,1-5H3. The van der Waals surface area contributed by atoms with E-state index >= 15 is 0 Å². The van der Waals surface area contributed by atoms with Gasteiger partial charge in [-0.1, -0.05) is 20.8 Å². The molecule has 19 heavy (non-hydrogen) atoms. The van der Waals surface area contributed by atoms with Gasteiger partial charge in [0.1, 0.15) is 0 Å². The van der Waals surface area contributed by atoms with Crippen molar-refractivity contribution in [3.8, 4) is 0 Å². The maximum absolute atomic E-state index is 10.3. The number of hydrogen-bond acceptors (Lipinski definition) is 3. The monoisotopic (exact) mass is 331 g/mol. The van der Waals surface area contributed by atoms with Crippen molar-refractivity contribution in [2.75, 3.05) is 6.54 Å². The fraction of sp³-hybridized carbons (Fsp3) is 0.786. The molecule has 4 nitrogen and oxygen atoms in total. The molecule has 1 aromatic heterocycles. The molecule has 0 amide bonds. The van der Waals surface area contributed by atoms with Gasteiger partial charge in [0.15, 0.2) is 0 Å². The number of rotatable bonds is 7. The quantitative estimate of drug-likeness (QED) is 0.807. The van der Waals surface area contributed by atoms with Crippen LogP contribution in [0.4, 0.5) is 0 Å². The molecule has 0 aliphatic rings. The maximum atomic E-state index is 10.3. The summed E-state index contributed by atoms with van der Waals surface area (Å²) in [6, 6.07) is 0. The van der Waals surface area contributed by atoms with Crippen LogP contribution in [0, 0.1) is 5.92 Å². The van der Waals surface area contributed by atoms with Crippen LogP contribution in [0.5, 0.6) is 0 Å². The number of aliphatic hydroxyl groups is 1. The van der Waals surface area contributed by atoms with Gasteiger partial charge in [-0.05, 0) is 41.6 Å². The zero-order chi connectivity index (χ0) is 14.6. The third-order valence-corrected chi connectivity index (χ3v) is 4.06. The Bertz CT molecular complexity index is 413. The number of aryl methyl sites for hydroxylation is 2. The lowest BCUT2D eigenvalue weighted by Crippen LogP contribution is -2.38. The summed E-state index contributed by atoms with van der Waals surface area (Å²) in [5, 5.41) is 18.0. The molecule has 0 aliphatic heterocycles. The maximum Gasteiger partial charge on any atom is 0.0767 e. The van der Waals surface area contributed by atoms with Crippen LogP contribution in [-0.4, -0.2) is 27.0 Å². The number of halogens is 1. The molecule has 1 rings (SSSR count). The van der Waals surface area contributed by atoms with Crippen molar-refractivity contribution in [2.45, 2.75) is 52.7 Å². The van der Waals surface area contributed by atoms with Crippen molar-refractivity contribution in [3.63, 3.8) is 0 Å². The molecule has 1 unspecified atom stereocenters. The summed E-state index contributed by atoms with van der Waals surface area (Å²) in [4.78, 5) is 0. The molecule has 1 aromatic rings. The highest BCUT2D eigenvalue weighted by Gasteiger charge is 2.21. The van der Waals surface area contributed by atoms with E-state index in [0.717, 1.165) is 28.7 Å². The van der Waals surface area contributed by atoms with Gasteiger partial charge in [0.05, 0.1) is 21.5 Å². The second-order valence-corrected chi connectivity index (χ2v) is 6.68. The van der Waals surface area contributed by atoms with E-state index in [1.165, 1.54) is 0 Å². The Labute approximate surface area is 124 Å². The summed E-state index contributed by atoms with van der Waals surface area (Å²) in [5.41, 5.74) is 1.54. The molecular formula is C14H26BrN3O. The zero-order valence-electron chi connectivity index (χ0n) is 12.6. The first-order valence-electron chi connectivity index (χ1n) is 6.90. The van der Waals surface area contributed by atoms with Crippen molar-refractivity contribution in [3.05, 3.63) is 15.9 Å². The van der Waals surface area contributed by atoms with Gasteiger partial charge in [0.2, 0.25) is 0 Å². The van der Waals surface area contributed by atoms with Crippen molar-refractivity contribution in [2.24, 2.45) is 13.0 Å². The molecule has 0 saturated heterocycles. The molecule has 0 saturated carbocycles. The molecule has 0 aliphatic carbocycles. The molecule has 2 N–H and O–H groups in total. The lowest BCUT2D eigenvalue weighted by Gasteiger charge is -2.25. The lowest BCUT2D eigenvalue weighted by molar-refractivity contribution is 0.0382. The van der Waals surface area contributed by atoms with Crippen molar-refractivity contribution in [1.82, 2.24) is 15.1 Å². The zero-order valence-corrected chi connectivity index (χ0v) is 14.2. The van der Waals surface area contributed by atoms with E-state index in [2.05, 4.69) is 47.1 Å². The number of hydrogen-bond donors (Lipinski definition) is 2. The summed E-state index contributed by atoms with van der Waals surface area (Å²) in [6.07, 6.45) is 1.71. The van der Waals surface area contributed by atoms with E-state index in [-0.39, 0.29) is 0 Å². The highest BCUT2D eigenvalue weighted by Crippen LogP contribution is 2.21. The molecule has 110 valence electrons. The van der Waals surface area contributed by atoms with Gasteiger partial charge in [0, 0.05) is 20.1 Å². The molecule has 0 fully saturated rings. The molecule has 0 radical (unpaired) electrons. The highest BCUT2D eigenvalue weighted by atomic mass is 79.9. The van der Waals surface area contributed by atoms with Crippen LogP contribution in [0.1, 0.15) is 45.5 Å². The summed E-state index contributed by atoms with van der Waals surface area (Å²) in [7, 11) is 1.95. The minimum atomic E-state index is -0.660. The van der Waals surface area contributed by atoms with Gasteiger partial charge in [0.25, 0.3) is 0 Å². The third kappa shape index (κ3) is 4.89. The second-order valence-electron chi connectivity index (χ2n) is 5.88. The summed E-state index contributed by atoms with van der Waals surface area (Å²) < 4.78 is 2.97. The molecule has 0 aromatic carbocycles. The van der Waals surface area contributed by atoms with Gasteiger partial charge in [-0.2, -0.15) is 5.10 Å². The van der Waals surface area contributed by atoms with Gasteiger partial charge >= 0.3 is 0 Å². The fourth-order valence-electron chi connectivity index (χ4n) is 2.41. The molecule has 1 atom stereocenters. The van der Waals surface area contributed by atoms with Crippen LogP contribution < -0.4 is 5.32 Å². The smallest absolute Gasteiger partial charge is 0.0767 e. The van der Waals surface area contributed by atoms with E-state index < -0.39 is 5.60 Å². The largest absolute Gasteiger partial charge is 0.389 e. The van der Waals surface area contributed by atoms with Crippen molar-refractivity contribution >= 4 is 15.9 Å². The normalized spacial score (nSPS) is 14.9. The van der Waals surface area contributed by atoms with Gasteiger partial charge in [-0.15, -0.1) is 0 Å². The first-order chi connectivity index (χ1) is 8.76. The molecule has 0 bridgehead atoms. The SMILES string of the molecule is CCc1nn(C)c(CNCC(C)(O)CC(C)C)c1Br. The predicted octanol–water partition coefficient (Wildman–Crippen LogP) is 2.63. The first-order valence-corrected chi connectivity index (χ1v) is 7.69. The summed E-state index contributed by atoms with van der Waals surface area (Å²) in [5.74, 6) is 0.493. The first kappa shape index (κ1) is 16.7. The average molecular weight is 332 g/mol. The van der Waals surface area contributed by atoms with Gasteiger partial charge < -0.3 is 10.4 Å². The Kier molecular flexibility index (Phi) is 6.02. The van der Waals surface area contributed by atoms with Crippen molar-refractivity contribution in [1.29, 1.82) is 0 Å². The van der Waals surface area contributed by atoms with E-state index in [9.17, 15) is 5.11 Å².